The highest BCUT2D eigenvalue weighted by Crippen LogP contribution is 2.06. The summed E-state index contributed by atoms with van der Waals surface area (Å²) >= 11 is 0. The van der Waals surface area contributed by atoms with Crippen LogP contribution >= 0.6 is 0 Å². The molecule has 0 aliphatic carbocycles. The maximum Gasteiger partial charge on any atom is 0.305 e. The molecule has 0 aliphatic heterocycles. The van der Waals surface area contributed by atoms with Gasteiger partial charge in [0.15, 0.2) is 0 Å². The van der Waals surface area contributed by atoms with Gasteiger partial charge in [-0.15, -0.1) is 0 Å². The largest absolute Gasteiger partial charge is 0.481 e. The van der Waals surface area contributed by atoms with Crippen molar-refractivity contribution in [3.63, 3.8) is 0 Å². The molecule has 0 fully saturated rings. The molecule has 6 nitrogen and oxygen atoms in total. The summed E-state index contributed by atoms with van der Waals surface area (Å²) in [5, 5.41) is 13.8. The van der Waals surface area contributed by atoms with E-state index < -0.39 is 5.97 Å². The number of carboxylic acid groups (broad SMARTS) is 1. The highest BCUT2D eigenvalue weighted by Gasteiger charge is 2.18. The molecule has 1 atom stereocenters. The molecule has 0 aromatic carbocycles. The van der Waals surface area contributed by atoms with E-state index in [0.29, 0.717) is 0 Å². The summed E-state index contributed by atoms with van der Waals surface area (Å²) in [5.41, 5.74) is 0. The Bertz CT molecular complexity index is 289. The first kappa shape index (κ1) is 15.4. The monoisotopic (exact) mass is 244 g/mol. The van der Waals surface area contributed by atoms with Crippen LogP contribution in [0, 0.1) is 5.92 Å². The van der Waals surface area contributed by atoms with Gasteiger partial charge >= 0.3 is 5.97 Å². The van der Waals surface area contributed by atoms with Crippen LogP contribution in [-0.4, -0.2) is 35.5 Å². The number of amides is 2. The quantitative estimate of drug-likeness (QED) is 0.593. The minimum absolute atomic E-state index is 0.0517. The van der Waals surface area contributed by atoms with Crippen molar-refractivity contribution in [3.8, 4) is 0 Å². The zero-order valence-corrected chi connectivity index (χ0v) is 10.4. The average molecular weight is 244 g/mol. The molecule has 0 heterocycles. The van der Waals surface area contributed by atoms with Gasteiger partial charge in [-0.25, -0.2) is 0 Å². The molecule has 3 N–H and O–H groups in total. The number of carbonyl (C=O) groups excluding carboxylic acids is 2. The van der Waals surface area contributed by atoms with E-state index in [4.69, 9.17) is 5.11 Å². The van der Waals surface area contributed by atoms with E-state index in [0.717, 1.165) is 0 Å². The molecule has 2 amide bonds. The smallest absolute Gasteiger partial charge is 0.305 e. The Labute approximate surface area is 101 Å². The summed E-state index contributed by atoms with van der Waals surface area (Å²) in [4.78, 5) is 32.6. The first-order chi connectivity index (χ1) is 7.82. The van der Waals surface area contributed by atoms with Crippen molar-refractivity contribution >= 4 is 17.8 Å². The molecule has 0 rings (SSSR count). The maximum atomic E-state index is 11.5. The van der Waals surface area contributed by atoms with E-state index in [-0.39, 0.29) is 43.2 Å². The fourth-order valence-corrected chi connectivity index (χ4v) is 1.27. The first-order valence-electron chi connectivity index (χ1n) is 5.58. The van der Waals surface area contributed by atoms with Crippen molar-refractivity contribution in [2.75, 3.05) is 6.54 Å². The minimum Gasteiger partial charge on any atom is -0.481 e. The van der Waals surface area contributed by atoms with Gasteiger partial charge in [-0.1, -0.05) is 13.8 Å². The number of hydrogen-bond donors (Lipinski definition) is 3. The molecule has 0 radical (unpaired) electrons. The minimum atomic E-state index is -0.939. The second-order valence-electron chi connectivity index (χ2n) is 4.25. The predicted molar refractivity (Wildman–Crippen MR) is 62.3 cm³/mol. The van der Waals surface area contributed by atoms with Crippen LogP contribution in [-0.2, 0) is 14.4 Å². The van der Waals surface area contributed by atoms with Crippen LogP contribution < -0.4 is 10.6 Å². The van der Waals surface area contributed by atoms with Gasteiger partial charge in [0.1, 0.15) is 0 Å². The van der Waals surface area contributed by atoms with E-state index in [9.17, 15) is 14.4 Å². The number of carboxylic acids is 1. The Balaban J connectivity index is 4.04. The predicted octanol–water partition coefficient (Wildman–Crippen LogP) is 0.128. The topological polar surface area (TPSA) is 95.5 Å². The van der Waals surface area contributed by atoms with E-state index in [1.165, 1.54) is 6.92 Å². The lowest BCUT2D eigenvalue weighted by Crippen LogP contribution is -2.41. The Morgan fingerprint density at radius 1 is 1.24 bits per heavy atom. The zero-order chi connectivity index (χ0) is 13.4. The zero-order valence-electron chi connectivity index (χ0n) is 10.4. The van der Waals surface area contributed by atoms with Gasteiger partial charge in [0.2, 0.25) is 11.8 Å². The summed E-state index contributed by atoms with van der Waals surface area (Å²) in [7, 11) is 0. The van der Waals surface area contributed by atoms with Gasteiger partial charge in [-0.3, -0.25) is 14.4 Å². The van der Waals surface area contributed by atoms with Crippen molar-refractivity contribution < 1.29 is 19.5 Å². The second kappa shape index (κ2) is 7.65. The van der Waals surface area contributed by atoms with Crippen LogP contribution in [0.25, 0.3) is 0 Å². The lowest BCUT2D eigenvalue weighted by molar-refractivity contribution is -0.138. The number of carbonyl (C=O) groups is 3. The van der Waals surface area contributed by atoms with Gasteiger partial charge in [0, 0.05) is 25.9 Å². The SMILES string of the molecule is CC(=O)NCCC(=O)NC(CC(=O)O)C(C)C. The Morgan fingerprint density at radius 2 is 1.82 bits per heavy atom. The average Bonchev–Trinajstić information content (AvgIpc) is 2.15. The number of aliphatic carboxylic acids is 1. The van der Waals surface area contributed by atoms with Crippen molar-refractivity contribution in [1.29, 1.82) is 0 Å². The van der Waals surface area contributed by atoms with Gasteiger partial charge in [-0.05, 0) is 5.92 Å². The molecule has 0 aromatic heterocycles. The van der Waals surface area contributed by atoms with Crippen molar-refractivity contribution in [3.05, 3.63) is 0 Å². The summed E-state index contributed by atoms with van der Waals surface area (Å²) in [5.74, 6) is -1.33. The van der Waals surface area contributed by atoms with Gasteiger partial charge in [0.05, 0.1) is 6.42 Å². The summed E-state index contributed by atoms with van der Waals surface area (Å²) in [6.45, 7) is 5.34. The molecule has 98 valence electrons. The third kappa shape index (κ3) is 8.24. The molecule has 0 bridgehead atoms. The summed E-state index contributed by atoms with van der Waals surface area (Å²) in [6.07, 6.45) is 0.0615. The molecule has 1 unspecified atom stereocenters. The molecule has 0 saturated carbocycles. The van der Waals surface area contributed by atoms with Gasteiger partial charge in [-0.2, -0.15) is 0 Å². The molecule has 0 spiro atoms. The Kier molecular flexibility index (Phi) is 6.93. The third-order valence-electron chi connectivity index (χ3n) is 2.27. The van der Waals surface area contributed by atoms with Crippen LogP contribution in [0.5, 0.6) is 0 Å². The molecular weight excluding hydrogens is 224 g/mol. The summed E-state index contributed by atoms with van der Waals surface area (Å²) in [6, 6.07) is -0.377. The van der Waals surface area contributed by atoms with Crippen LogP contribution in [0.1, 0.15) is 33.6 Å². The summed E-state index contributed by atoms with van der Waals surface area (Å²) < 4.78 is 0. The number of nitrogens with one attached hydrogen (secondary N) is 2. The van der Waals surface area contributed by atoms with Gasteiger partial charge < -0.3 is 15.7 Å². The molecule has 0 saturated heterocycles. The molecule has 0 aliphatic rings. The van der Waals surface area contributed by atoms with Gasteiger partial charge in [0.25, 0.3) is 0 Å². The fraction of sp³-hybridized carbons (Fsp3) is 0.727. The lowest BCUT2D eigenvalue weighted by Gasteiger charge is -2.20. The van der Waals surface area contributed by atoms with E-state index in [1.807, 2.05) is 13.8 Å². The van der Waals surface area contributed by atoms with Crippen LogP contribution in [0.2, 0.25) is 0 Å². The van der Waals surface area contributed by atoms with Crippen LogP contribution in [0.15, 0.2) is 0 Å². The molecule has 0 aromatic rings. The number of rotatable bonds is 7. The standard InChI is InChI=1S/C11H20N2O4/c1-7(2)9(6-11(16)17)13-10(15)4-5-12-8(3)14/h7,9H,4-6H2,1-3H3,(H,12,14)(H,13,15)(H,16,17). The third-order valence-corrected chi connectivity index (χ3v) is 2.27. The van der Waals surface area contributed by atoms with Crippen LogP contribution in [0.4, 0.5) is 0 Å². The molecular formula is C11H20N2O4. The van der Waals surface area contributed by atoms with E-state index in [2.05, 4.69) is 10.6 Å². The Morgan fingerprint density at radius 3 is 2.24 bits per heavy atom. The maximum absolute atomic E-state index is 11.5. The second-order valence-corrected chi connectivity index (χ2v) is 4.25. The number of hydrogen-bond acceptors (Lipinski definition) is 3. The highest BCUT2D eigenvalue weighted by atomic mass is 16.4. The Hall–Kier alpha value is -1.59. The van der Waals surface area contributed by atoms with Crippen molar-refractivity contribution in [2.24, 2.45) is 5.92 Å². The normalized spacial score (nSPS) is 12.0. The van der Waals surface area contributed by atoms with Crippen molar-refractivity contribution in [2.45, 2.75) is 39.7 Å². The van der Waals surface area contributed by atoms with E-state index >= 15 is 0 Å². The first-order valence-corrected chi connectivity index (χ1v) is 5.58. The molecule has 17 heavy (non-hydrogen) atoms. The highest BCUT2D eigenvalue weighted by molar-refractivity contribution is 5.78. The van der Waals surface area contributed by atoms with E-state index in [1.54, 1.807) is 0 Å². The lowest BCUT2D eigenvalue weighted by atomic mass is 10.0. The van der Waals surface area contributed by atoms with Crippen LogP contribution in [0.3, 0.4) is 0 Å². The molecule has 6 heteroatoms. The fourth-order valence-electron chi connectivity index (χ4n) is 1.27. The van der Waals surface area contributed by atoms with Crippen molar-refractivity contribution in [1.82, 2.24) is 10.6 Å².